The standard InChI is InChI=1S/C18H24N2O5/c1-24-9-8-20-16(21)12-14(18(22)23)17(20)13-4-2-3-5-15(13)19-6-10-25-11-7-19/h2-5,14,17H,6-12H2,1H3,(H,22,23)/t14-,17+/m0/s1. The molecule has 0 aromatic heterocycles. The lowest BCUT2D eigenvalue weighted by molar-refractivity contribution is -0.142. The molecule has 2 saturated heterocycles. The SMILES string of the molecule is COCCN1C(=O)C[C@H](C(=O)O)[C@H]1c1ccccc1N1CCOCC1. The highest BCUT2D eigenvalue weighted by Crippen LogP contribution is 2.42. The van der Waals surface area contributed by atoms with Crippen molar-refractivity contribution in [1.82, 2.24) is 4.90 Å². The van der Waals surface area contributed by atoms with Crippen LogP contribution in [0.3, 0.4) is 0 Å². The van der Waals surface area contributed by atoms with Crippen LogP contribution in [0.5, 0.6) is 0 Å². The summed E-state index contributed by atoms with van der Waals surface area (Å²) >= 11 is 0. The van der Waals surface area contributed by atoms with Gasteiger partial charge in [0.1, 0.15) is 0 Å². The third-order valence-corrected chi connectivity index (χ3v) is 4.89. The summed E-state index contributed by atoms with van der Waals surface area (Å²) in [7, 11) is 1.58. The molecule has 136 valence electrons. The summed E-state index contributed by atoms with van der Waals surface area (Å²) < 4.78 is 10.5. The Morgan fingerprint density at radius 2 is 2.04 bits per heavy atom. The van der Waals surface area contributed by atoms with Gasteiger partial charge >= 0.3 is 5.97 Å². The van der Waals surface area contributed by atoms with E-state index < -0.39 is 17.9 Å². The van der Waals surface area contributed by atoms with Gasteiger partial charge in [0, 0.05) is 38.9 Å². The number of morpholine rings is 1. The topological polar surface area (TPSA) is 79.3 Å². The number of para-hydroxylation sites is 1. The maximum absolute atomic E-state index is 12.4. The Balaban J connectivity index is 1.98. The predicted molar refractivity (Wildman–Crippen MR) is 91.5 cm³/mol. The second-order valence-corrected chi connectivity index (χ2v) is 6.33. The van der Waals surface area contributed by atoms with Crippen molar-refractivity contribution in [2.24, 2.45) is 5.92 Å². The van der Waals surface area contributed by atoms with Crippen LogP contribution >= 0.6 is 0 Å². The zero-order chi connectivity index (χ0) is 17.8. The molecule has 0 aliphatic carbocycles. The van der Waals surface area contributed by atoms with Gasteiger partial charge in [-0.15, -0.1) is 0 Å². The average molecular weight is 348 g/mol. The van der Waals surface area contributed by atoms with Gasteiger partial charge in [0.05, 0.1) is 31.8 Å². The number of aliphatic carboxylic acids is 1. The molecule has 0 saturated carbocycles. The highest BCUT2D eigenvalue weighted by atomic mass is 16.5. The molecule has 1 aromatic carbocycles. The summed E-state index contributed by atoms with van der Waals surface area (Å²) in [6.45, 7) is 3.58. The smallest absolute Gasteiger partial charge is 0.309 e. The lowest BCUT2D eigenvalue weighted by Crippen LogP contribution is -2.39. The number of ether oxygens (including phenoxy) is 2. The first-order valence-electron chi connectivity index (χ1n) is 8.56. The van der Waals surface area contributed by atoms with E-state index in [9.17, 15) is 14.7 Å². The number of hydrogen-bond donors (Lipinski definition) is 1. The van der Waals surface area contributed by atoms with Crippen LogP contribution in [0.15, 0.2) is 24.3 Å². The molecule has 2 aliphatic heterocycles. The van der Waals surface area contributed by atoms with Gasteiger partial charge in [0.15, 0.2) is 0 Å². The number of hydrogen-bond acceptors (Lipinski definition) is 5. The van der Waals surface area contributed by atoms with Gasteiger partial charge in [-0.2, -0.15) is 0 Å². The molecule has 25 heavy (non-hydrogen) atoms. The fourth-order valence-corrected chi connectivity index (χ4v) is 3.68. The fourth-order valence-electron chi connectivity index (χ4n) is 3.68. The van der Waals surface area contributed by atoms with E-state index in [4.69, 9.17) is 9.47 Å². The van der Waals surface area contributed by atoms with E-state index in [-0.39, 0.29) is 12.3 Å². The fraction of sp³-hybridized carbons (Fsp3) is 0.556. The molecule has 7 nitrogen and oxygen atoms in total. The highest BCUT2D eigenvalue weighted by molar-refractivity contribution is 5.88. The Morgan fingerprint density at radius 3 is 2.72 bits per heavy atom. The minimum absolute atomic E-state index is 0.0289. The van der Waals surface area contributed by atoms with Gasteiger partial charge in [-0.25, -0.2) is 0 Å². The molecular weight excluding hydrogens is 324 g/mol. The molecule has 7 heteroatoms. The number of carboxylic acid groups (broad SMARTS) is 1. The third kappa shape index (κ3) is 3.62. The summed E-state index contributed by atoms with van der Waals surface area (Å²) in [6, 6.07) is 7.30. The zero-order valence-electron chi connectivity index (χ0n) is 14.4. The Bertz CT molecular complexity index is 630. The maximum atomic E-state index is 12.4. The van der Waals surface area contributed by atoms with E-state index in [1.54, 1.807) is 12.0 Å². The number of carbonyl (C=O) groups is 2. The molecule has 0 spiro atoms. The number of carboxylic acids is 1. The van der Waals surface area contributed by atoms with Crippen molar-refractivity contribution < 1.29 is 24.2 Å². The van der Waals surface area contributed by atoms with E-state index >= 15 is 0 Å². The summed E-state index contributed by atoms with van der Waals surface area (Å²) in [5.74, 6) is -1.81. The average Bonchev–Trinajstić information content (AvgIpc) is 2.97. The number of benzene rings is 1. The summed E-state index contributed by atoms with van der Waals surface area (Å²) in [6.07, 6.45) is 0.0289. The summed E-state index contributed by atoms with van der Waals surface area (Å²) in [5, 5.41) is 9.66. The monoisotopic (exact) mass is 348 g/mol. The molecule has 0 radical (unpaired) electrons. The Morgan fingerprint density at radius 1 is 1.32 bits per heavy atom. The molecule has 2 fully saturated rings. The van der Waals surface area contributed by atoms with Crippen LogP contribution in [-0.2, 0) is 19.1 Å². The number of methoxy groups -OCH3 is 1. The molecule has 1 N–H and O–H groups in total. The Kier molecular flexibility index (Phi) is 5.55. The van der Waals surface area contributed by atoms with Crippen LogP contribution in [-0.4, -0.2) is 68.4 Å². The van der Waals surface area contributed by atoms with Crippen molar-refractivity contribution in [3.63, 3.8) is 0 Å². The van der Waals surface area contributed by atoms with Crippen molar-refractivity contribution in [2.75, 3.05) is 51.5 Å². The van der Waals surface area contributed by atoms with Gasteiger partial charge in [-0.1, -0.05) is 18.2 Å². The number of anilines is 1. The van der Waals surface area contributed by atoms with Crippen molar-refractivity contribution in [1.29, 1.82) is 0 Å². The van der Waals surface area contributed by atoms with Gasteiger partial charge in [0.2, 0.25) is 5.91 Å². The van der Waals surface area contributed by atoms with Gasteiger partial charge in [-0.05, 0) is 11.6 Å². The summed E-state index contributed by atoms with van der Waals surface area (Å²) in [5.41, 5.74) is 1.87. The lowest BCUT2D eigenvalue weighted by atomic mass is 9.92. The summed E-state index contributed by atoms with van der Waals surface area (Å²) in [4.78, 5) is 28.1. The maximum Gasteiger partial charge on any atom is 0.309 e. The first-order valence-corrected chi connectivity index (χ1v) is 8.56. The number of amides is 1. The first-order chi connectivity index (χ1) is 12.1. The van der Waals surface area contributed by atoms with Crippen molar-refractivity contribution in [3.8, 4) is 0 Å². The molecule has 1 amide bonds. The quantitative estimate of drug-likeness (QED) is 0.831. The third-order valence-electron chi connectivity index (χ3n) is 4.89. The molecule has 3 rings (SSSR count). The van der Waals surface area contributed by atoms with Crippen molar-refractivity contribution in [2.45, 2.75) is 12.5 Å². The Hall–Kier alpha value is -2.12. The normalized spacial score (nSPS) is 24.0. The van der Waals surface area contributed by atoms with Crippen LogP contribution < -0.4 is 4.90 Å². The molecule has 1 aromatic rings. The van der Waals surface area contributed by atoms with Gasteiger partial charge < -0.3 is 24.4 Å². The number of rotatable bonds is 6. The van der Waals surface area contributed by atoms with E-state index in [0.717, 1.165) is 24.3 Å². The Labute approximate surface area is 147 Å². The highest BCUT2D eigenvalue weighted by Gasteiger charge is 2.45. The molecule has 0 unspecified atom stereocenters. The second-order valence-electron chi connectivity index (χ2n) is 6.33. The molecule has 2 aliphatic rings. The van der Waals surface area contributed by atoms with Crippen LogP contribution in [0.1, 0.15) is 18.0 Å². The van der Waals surface area contributed by atoms with Crippen molar-refractivity contribution >= 4 is 17.6 Å². The minimum Gasteiger partial charge on any atom is -0.481 e. The largest absolute Gasteiger partial charge is 0.481 e. The van der Waals surface area contributed by atoms with Crippen molar-refractivity contribution in [3.05, 3.63) is 29.8 Å². The van der Waals surface area contributed by atoms with Gasteiger partial charge in [-0.3, -0.25) is 9.59 Å². The van der Waals surface area contributed by atoms with E-state index in [1.165, 1.54) is 0 Å². The first kappa shape index (κ1) is 17.7. The molecular formula is C18H24N2O5. The predicted octanol–water partition coefficient (Wildman–Crippen LogP) is 1.14. The second kappa shape index (κ2) is 7.84. The minimum atomic E-state index is -0.935. The van der Waals surface area contributed by atoms with Crippen LogP contribution in [0.4, 0.5) is 5.69 Å². The van der Waals surface area contributed by atoms with E-state index in [1.807, 2.05) is 24.3 Å². The zero-order valence-corrected chi connectivity index (χ0v) is 14.4. The molecule has 2 atom stereocenters. The van der Waals surface area contributed by atoms with E-state index in [0.29, 0.717) is 26.4 Å². The number of carbonyl (C=O) groups excluding carboxylic acids is 1. The molecule has 0 bridgehead atoms. The number of likely N-dealkylation sites (tertiary alicyclic amines) is 1. The van der Waals surface area contributed by atoms with Crippen LogP contribution in [0.2, 0.25) is 0 Å². The van der Waals surface area contributed by atoms with Crippen LogP contribution in [0, 0.1) is 5.92 Å². The molecule has 2 heterocycles. The van der Waals surface area contributed by atoms with Crippen LogP contribution in [0.25, 0.3) is 0 Å². The number of nitrogens with zero attached hydrogens (tertiary/aromatic N) is 2. The lowest BCUT2D eigenvalue weighted by Gasteiger charge is -2.34. The van der Waals surface area contributed by atoms with Gasteiger partial charge in [0.25, 0.3) is 0 Å². The van der Waals surface area contributed by atoms with E-state index in [2.05, 4.69) is 4.90 Å².